The topological polar surface area (TPSA) is 28.2 Å². The van der Waals surface area contributed by atoms with Gasteiger partial charge in [0.25, 0.3) is 0 Å². The van der Waals surface area contributed by atoms with E-state index in [2.05, 4.69) is 128 Å². The zero-order valence-electron chi connectivity index (χ0n) is 23.8. The van der Waals surface area contributed by atoms with Crippen molar-refractivity contribution in [2.75, 3.05) is 10.2 Å². The summed E-state index contributed by atoms with van der Waals surface area (Å²) in [4.78, 5) is 8.37. The number of aryl methyl sites for hydroxylation is 1. The third-order valence-corrected chi connectivity index (χ3v) is 10.6. The lowest BCUT2D eigenvalue weighted by Gasteiger charge is -2.31. The maximum atomic E-state index is 4.72. The van der Waals surface area contributed by atoms with Gasteiger partial charge in [-0.1, -0.05) is 86.6 Å². The summed E-state index contributed by atoms with van der Waals surface area (Å²) < 4.78 is 1.29. The number of nitrogens with one attached hydrogen (secondary N) is 1. The van der Waals surface area contributed by atoms with E-state index in [0.717, 1.165) is 10.5 Å². The fraction of sp³-hybridized carbons (Fsp3) is 0.132. The predicted molar refractivity (Wildman–Crippen MR) is 178 cm³/mol. The largest absolute Gasteiger partial charge is 0.359 e. The molecular formula is C38H29N3S. The second-order valence-electron chi connectivity index (χ2n) is 12.1. The quantitative estimate of drug-likeness (QED) is 0.228. The van der Waals surface area contributed by atoms with Crippen molar-refractivity contribution in [2.45, 2.75) is 32.4 Å². The van der Waals surface area contributed by atoms with Crippen LogP contribution in [-0.4, -0.2) is 4.98 Å². The SMILES string of the molecule is Cc1cc2c(cc1N1c3c(ccc4ccccc34)NC1c1cccc3c1sc1ncccc13)C(C)(C)c1ccccc1-2. The molecule has 3 nitrogen and oxygen atoms in total. The van der Waals surface area contributed by atoms with Crippen LogP contribution in [-0.2, 0) is 5.41 Å². The van der Waals surface area contributed by atoms with Crippen molar-refractivity contribution in [3.63, 3.8) is 0 Å². The number of fused-ring (bicyclic) bond motifs is 9. The van der Waals surface area contributed by atoms with E-state index in [9.17, 15) is 0 Å². The van der Waals surface area contributed by atoms with Gasteiger partial charge in [-0.2, -0.15) is 0 Å². The maximum absolute atomic E-state index is 4.72. The van der Waals surface area contributed by atoms with Crippen LogP contribution in [0.4, 0.5) is 17.1 Å². The monoisotopic (exact) mass is 559 g/mol. The first-order chi connectivity index (χ1) is 20.5. The third kappa shape index (κ3) is 3.13. The molecule has 7 aromatic rings. The first kappa shape index (κ1) is 24.0. The molecule has 2 aliphatic rings. The van der Waals surface area contributed by atoms with E-state index in [4.69, 9.17) is 4.98 Å². The molecule has 3 heterocycles. The van der Waals surface area contributed by atoms with Crippen LogP contribution in [0.3, 0.4) is 0 Å². The van der Waals surface area contributed by atoms with Crippen molar-refractivity contribution < 1.29 is 0 Å². The van der Waals surface area contributed by atoms with E-state index in [1.807, 2.05) is 12.3 Å². The van der Waals surface area contributed by atoms with Crippen molar-refractivity contribution >= 4 is 59.5 Å². The molecule has 5 aromatic carbocycles. The Morgan fingerprint density at radius 2 is 1.57 bits per heavy atom. The van der Waals surface area contributed by atoms with Crippen molar-refractivity contribution in [3.05, 3.63) is 132 Å². The van der Waals surface area contributed by atoms with Gasteiger partial charge in [-0.05, 0) is 70.5 Å². The summed E-state index contributed by atoms with van der Waals surface area (Å²) in [6.07, 6.45) is 1.83. The van der Waals surface area contributed by atoms with E-state index in [1.165, 1.54) is 71.0 Å². The van der Waals surface area contributed by atoms with Gasteiger partial charge in [-0.3, -0.25) is 0 Å². The third-order valence-electron chi connectivity index (χ3n) is 9.45. The Balaban J connectivity index is 1.33. The van der Waals surface area contributed by atoms with Gasteiger partial charge in [-0.25, -0.2) is 4.98 Å². The molecule has 9 rings (SSSR count). The molecule has 1 aliphatic heterocycles. The molecule has 0 spiro atoms. The number of aromatic nitrogens is 1. The molecule has 0 amide bonds. The Bertz CT molecular complexity index is 2240. The first-order valence-electron chi connectivity index (χ1n) is 14.6. The van der Waals surface area contributed by atoms with E-state index in [-0.39, 0.29) is 11.6 Å². The Labute approximate surface area is 249 Å². The van der Waals surface area contributed by atoms with Gasteiger partial charge in [-0.15, -0.1) is 11.3 Å². The van der Waals surface area contributed by atoms with Gasteiger partial charge < -0.3 is 10.2 Å². The molecule has 42 heavy (non-hydrogen) atoms. The molecule has 1 atom stereocenters. The highest BCUT2D eigenvalue weighted by Gasteiger charge is 2.39. The van der Waals surface area contributed by atoms with Gasteiger partial charge in [0.05, 0.1) is 11.4 Å². The minimum Gasteiger partial charge on any atom is -0.359 e. The molecule has 1 aliphatic carbocycles. The summed E-state index contributed by atoms with van der Waals surface area (Å²) in [5, 5.41) is 8.98. The summed E-state index contributed by atoms with van der Waals surface area (Å²) in [6.45, 7) is 7.00. The van der Waals surface area contributed by atoms with Crippen LogP contribution in [0.5, 0.6) is 0 Å². The van der Waals surface area contributed by atoms with E-state index < -0.39 is 0 Å². The molecular weight excluding hydrogens is 531 g/mol. The molecule has 1 N–H and O–H groups in total. The second kappa shape index (κ2) is 8.43. The Hall–Kier alpha value is -4.67. The van der Waals surface area contributed by atoms with Crippen LogP contribution in [0.25, 0.3) is 42.2 Å². The number of hydrogen-bond acceptors (Lipinski definition) is 4. The fourth-order valence-electron chi connectivity index (χ4n) is 7.42. The molecule has 0 saturated heterocycles. The number of nitrogens with zero attached hydrogens (tertiary/aromatic N) is 2. The average molecular weight is 560 g/mol. The van der Waals surface area contributed by atoms with Crippen LogP contribution in [0.1, 0.15) is 42.3 Å². The first-order valence-corrected chi connectivity index (χ1v) is 15.4. The standard InChI is InChI=1S/C38H29N3S/c1-22-20-29-25-12-6-7-16-30(25)38(2,3)31(29)21-33(22)41-34-24-11-5-4-10-23(24)17-18-32(34)40-36(41)28-14-8-13-26-27-15-9-19-39-37(27)42-35(26)28/h4-21,36,40H,1-3H3. The summed E-state index contributed by atoms with van der Waals surface area (Å²) in [6, 6.07) is 38.0. The highest BCUT2D eigenvalue weighted by Crippen LogP contribution is 2.55. The average Bonchev–Trinajstić information content (AvgIpc) is 3.65. The lowest BCUT2D eigenvalue weighted by molar-refractivity contribution is 0.659. The molecule has 202 valence electrons. The van der Waals surface area contributed by atoms with Gasteiger partial charge in [0.2, 0.25) is 0 Å². The van der Waals surface area contributed by atoms with Crippen molar-refractivity contribution in [1.82, 2.24) is 4.98 Å². The summed E-state index contributed by atoms with van der Waals surface area (Å²) in [5.41, 5.74) is 11.6. The van der Waals surface area contributed by atoms with E-state index >= 15 is 0 Å². The molecule has 0 bridgehead atoms. The lowest BCUT2D eigenvalue weighted by atomic mass is 9.82. The molecule has 0 saturated carbocycles. The highest BCUT2D eigenvalue weighted by molar-refractivity contribution is 7.25. The van der Waals surface area contributed by atoms with Gasteiger partial charge >= 0.3 is 0 Å². The zero-order chi connectivity index (χ0) is 28.2. The zero-order valence-corrected chi connectivity index (χ0v) is 24.6. The second-order valence-corrected chi connectivity index (χ2v) is 13.1. The fourth-order valence-corrected chi connectivity index (χ4v) is 8.60. The molecule has 1 unspecified atom stereocenters. The minimum atomic E-state index is -0.0736. The Kier molecular flexibility index (Phi) is 4.81. The number of hydrogen-bond donors (Lipinski definition) is 1. The van der Waals surface area contributed by atoms with Crippen LogP contribution in [0, 0.1) is 6.92 Å². The summed E-state index contributed by atoms with van der Waals surface area (Å²) in [7, 11) is 0. The number of anilines is 3. The molecule has 0 radical (unpaired) electrons. The van der Waals surface area contributed by atoms with Crippen LogP contribution >= 0.6 is 11.3 Å². The van der Waals surface area contributed by atoms with Crippen molar-refractivity contribution in [2.24, 2.45) is 0 Å². The van der Waals surface area contributed by atoms with Crippen LogP contribution in [0.15, 0.2) is 109 Å². The predicted octanol–water partition coefficient (Wildman–Crippen LogP) is 10.5. The number of pyridine rings is 1. The number of rotatable bonds is 2. The van der Waals surface area contributed by atoms with Gasteiger partial charge in [0.15, 0.2) is 0 Å². The van der Waals surface area contributed by atoms with Gasteiger partial charge in [0, 0.05) is 43.7 Å². The van der Waals surface area contributed by atoms with E-state index in [1.54, 1.807) is 11.3 Å². The highest BCUT2D eigenvalue weighted by atomic mass is 32.1. The van der Waals surface area contributed by atoms with Gasteiger partial charge in [0.1, 0.15) is 11.0 Å². The molecule has 0 fully saturated rings. The smallest absolute Gasteiger partial charge is 0.132 e. The van der Waals surface area contributed by atoms with Crippen LogP contribution < -0.4 is 10.2 Å². The summed E-state index contributed by atoms with van der Waals surface area (Å²) >= 11 is 1.79. The van der Waals surface area contributed by atoms with E-state index in [0.29, 0.717) is 0 Å². The Morgan fingerprint density at radius 3 is 2.50 bits per heavy atom. The number of benzene rings is 5. The maximum Gasteiger partial charge on any atom is 0.132 e. The lowest BCUT2D eigenvalue weighted by Crippen LogP contribution is -2.25. The molecule has 4 heteroatoms. The normalized spacial score (nSPS) is 16.5. The summed E-state index contributed by atoms with van der Waals surface area (Å²) in [5.74, 6) is 0. The molecule has 2 aromatic heterocycles. The van der Waals surface area contributed by atoms with Crippen molar-refractivity contribution in [3.8, 4) is 11.1 Å². The van der Waals surface area contributed by atoms with Crippen LogP contribution in [0.2, 0.25) is 0 Å². The number of thiophene rings is 1. The minimum absolute atomic E-state index is 0.0637. The Morgan fingerprint density at radius 1 is 0.762 bits per heavy atom. The van der Waals surface area contributed by atoms with Crippen molar-refractivity contribution in [1.29, 1.82) is 0 Å².